The number of carbonyl (C=O) groups is 2. The second-order valence-corrected chi connectivity index (χ2v) is 7.44. The fourth-order valence-corrected chi connectivity index (χ4v) is 3.58. The smallest absolute Gasteiger partial charge is 0.319 e. The van der Waals surface area contributed by atoms with Gasteiger partial charge in [0.05, 0.1) is 0 Å². The van der Waals surface area contributed by atoms with Gasteiger partial charge in [0, 0.05) is 6.54 Å². The Balaban J connectivity index is 1.78. The molecule has 3 rings (SSSR count). The lowest BCUT2D eigenvalue weighted by molar-refractivity contribution is -0.131. The maximum atomic E-state index is 13.0. The Morgan fingerprint density at radius 2 is 1.79 bits per heavy atom. The standard InChI is InChI=1S/C19H27N3O2/c1-13(2)15-4-6-16(7-5-15)19(3)17(23)22(18(24)21-19)12-14-8-10-20-11-9-14/h4-7,13-14,20H,8-12H2,1-3H3,(H,21,24). The molecule has 2 aliphatic rings. The van der Waals surface area contributed by atoms with Crippen LogP contribution in [0, 0.1) is 5.92 Å². The van der Waals surface area contributed by atoms with E-state index < -0.39 is 5.54 Å². The summed E-state index contributed by atoms with van der Waals surface area (Å²) in [5.74, 6) is 0.701. The molecule has 130 valence electrons. The van der Waals surface area contributed by atoms with E-state index in [2.05, 4.69) is 24.5 Å². The first-order valence-electron chi connectivity index (χ1n) is 8.87. The predicted octanol–water partition coefficient (Wildman–Crippen LogP) is 2.58. The summed E-state index contributed by atoms with van der Waals surface area (Å²) in [6.45, 7) is 8.52. The zero-order valence-corrected chi connectivity index (χ0v) is 14.8. The molecule has 0 bridgehead atoms. The number of imide groups is 1. The van der Waals surface area contributed by atoms with Gasteiger partial charge in [0.15, 0.2) is 0 Å². The van der Waals surface area contributed by atoms with Crippen LogP contribution in [0.2, 0.25) is 0 Å². The van der Waals surface area contributed by atoms with E-state index in [1.54, 1.807) is 6.92 Å². The van der Waals surface area contributed by atoms with Gasteiger partial charge in [-0.2, -0.15) is 0 Å². The first-order chi connectivity index (χ1) is 11.4. The number of amides is 3. The second kappa shape index (κ2) is 6.55. The van der Waals surface area contributed by atoms with E-state index in [1.165, 1.54) is 10.5 Å². The fraction of sp³-hybridized carbons (Fsp3) is 0.579. The van der Waals surface area contributed by atoms with Crippen LogP contribution in [-0.2, 0) is 10.3 Å². The number of benzene rings is 1. The third kappa shape index (κ3) is 3.05. The predicted molar refractivity (Wildman–Crippen MR) is 93.7 cm³/mol. The molecule has 1 atom stereocenters. The molecule has 3 amide bonds. The minimum Gasteiger partial charge on any atom is -0.319 e. The highest BCUT2D eigenvalue weighted by Gasteiger charge is 2.49. The van der Waals surface area contributed by atoms with E-state index in [-0.39, 0.29) is 11.9 Å². The number of hydrogen-bond donors (Lipinski definition) is 2. The van der Waals surface area contributed by atoms with Crippen molar-refractivity contribution in [3.05, 3.63) is 35.4 Å². The number of nitrogens with one attached hydrogen (secondary N) is 2. The molecule has 0 aliphatic carbocycles. The number of piperidine rings is 1. The van der Waals surface area contributed by atoms with Gasteiger partial charge < -0.3 is 10.6 Å². The summed E-state index contributed by atoms with van der Waals surface area (Å²) >= 11 is 0. The third-order valence-corrected chi connectivity index (χ3v) is 5.33. The van der Waals surface area contributed by atoms with Gasteiger partial charge in [0.2, 0.25) is 0 Å². The Labute approximate surface area is 143 Å². The van der Waals surface area contributed by atoms with E-state index in [1.807, 2.05) is 24.3 Å². The maximum absolute atomic E-state index is 13.0. The lowest BCUT2D eigenvalue weighted by Gasteiger charge is -2.27. The molecule has 1 aromatic rings. The maximum Gasteiger partial charge on any atom is 0.325 e. The highest BCUT2D eigenvalue weighted by Crippen LogP contribution is 2.31. The van der Waals surface area contributed by atoms with E-state index in [4.69, 9.17) is 0 Å². The van der Waals surface area contributed by atoms with Crippen molar-refractivity contribution in [1.82, 2.24) is 15.5 Å². The van der Waals surface area contributed by atoms with Crippen LogP contribution in [0.1, 0.15) is 50.7 Å². The van der Waals surface area contributed by atoms with Gasteiger partial charge in [-0.3, -0.25) is 9.69 Å². The first kappa shape index (κ1) is 17.0. The Hall–Kier alpha value is -1.88. The van der Waals surface area contributed by atoms with Crippen LogP contribution in [-0.4, -0.2) is 36.5 Å². The van der Waals surface area contributed by atoms with Crippen molar-refractivity contribution in [3.8, 4) is 0 Å². The SMILES string of the molecule is CC(C)c1ccc(C2(C)NC(=O)N(CC3CCNCC3)C2=O)cc1. The van der Waals surface area contributed by atoms with E-state index in [9.17, 15) is 9.59 Å². The first-order valence-corrected chi connectivity index (χ1v) is 8.87. The highest BCUT2D eigenvalue weighted by molar-refractivity contribution is 6.07. The Morgan fingerprint density at radius 1 is 1.17 bits per heavy atom. The normalized spacial score (nSPS) is 25.4. The highest BCUT2D eigenvalue weighted by atomic mass is 16.2. The van der Waals surface area contributed by atoms with Gasteiger partial charge in [0.1, 0.15) is 5.54 Å². The van der Waals surface area contributed by atoms with Crippen LogP contribution in [0.4, 0.5) is 4.79 Å². The number of hydrogen-bond acceptors (Lipinski definition) is 3. The molecule has 5 heteroatoms. The molecule has 1 unspecified atom stereocenters. The molecule has 5 nitrogen and oxygen atoms in total. The minimum absolute atomic E-state index is 0.136. The summed E-state index contributed by atoms with van der Waals surface area (Å²) in [6, 6.07) is 7.73. The molecule has 2 fully saturated rings. The molecule has 0 saturated carbocycles. The summed E-state index contributed by atoms with van der Waals surface area (Å²) in [7, 11) is 0. The average Bonchev–Trinajstić information content (AvgIpc) is 2.80. The van der Waals surface area contributed by atoms with Crippen molar-refractivity contribution in [3.63, 3.8) is 0 Å². The van der Waals surface area contributed by atoms with Gasteiger partial charge in [-0.25, -0.2) is 4.79 Å². The molecule has 0 aromatic heterocycles. The molecular formula is C19H27N3O2. The molecule has 0 spiro atoms. The van der Waals surface area contributed by atoms with Crippen molar-refractivity contribution in [2.24, 2.45) is 5.92 Å². The van der Waals surface area contributed by atoms with Crippen molar-refractivity contribution in [2.45, 2.75) is 45.1 Å². The van der Waals surface area contributed by atoms with Crippen molar-refractivity contribution < 1.29 is 9.59 Å². The number of urea groups is 1. The summed E-state index contributed by atoms with van der Waals surface area (Å²) in [4.78, 5) is 26.8. The molecule has 2 heterocycles. The second-order valence-electron chi connectivity index (χ2n) is 7.44. The van der Waals surface area contributed by atoms with Gasteiger partial charge in [0.25, 0.3) is 5.91 Å². The third-order valence-electron chi connectivity index (χ3n) is 5.33. The fourth-order valence-electron chi connectivity index (χ4n) is 3.58. The topological polar surface area (TPSA) is 61.4 Å². The van der Waals surface area contributed by atoms with Gasteiger partial charge >= 0.3 is 6.03 Å². The monoisotopic (exact) mass is 329 g/mol. The van der Waals surface area contributed by atoms with Crippen LogP contribution in [0.25, 0.3) is 0 Å². The van der Waals surface area contributed by atoms with Gasteiger partial charge in [-0.15, -0.1) is 0 Å². The van der Waals surface area contributed by atoms with E-state index in [0.717, 1.165) is 31.5 Å². The number of rotatable bonds is 4. The van der Waals surface area contributed by atoms with Crippen LogP contribution < -0.4 is 10.6 Å². The van der Waals surface area contributed by atoms with Crippen molar-refractivity contribution >= 4 is 11.9 Å². The molecule has 2 aliphatic heterocycles. The van der Waals surface area contributed by atoms with Crippen LogP contribution in [0.15, 0.2) is 24.3 Å². The lowest BCUT2D eigenvalue weighted by Crippen LogP contribution is -2.42. The van der Waals surface area contributed by atoms with Gasteiger partial charge in [-0.05, 0) is 55.8 Å². The van der Waals surface area contributed by atoms with Crippen LogP contribution in [0.3, 0.4) is 0 Å². The Kier molecular flexibility index (Phi) is 4.63. The van der Waals surface area contributed by atoms with Crippen molar-refractivity contribution in [2.75, 3.05) is 19.6 Å². The molecule has 0 radical (unpaired) electrons. The molecule has 2 N–H and O–H groups in total. The van der Waals surface area contributed by atoms with E-state index in [0.29, 0.717) is 18.4 Å². The Bertz CT molecular complexity index is 620. The zero-order chi connectivity index (χ0) is 17.3. The number of carbonyl (C=O) groups excluding carboxylic acids is 2. The molecule has 2 saturated heterocycles. The van der Waals surface area contributed by atoms with Crippen LogP contribution in [0.5, 0.6) is 0 Å². The summed E-state index contributed by atoms with van der Waals surface area (Å²) in [6.07, 6.45) is 2.02. The molecule has 24 heavy (non-hydrogen) atoms. The Morgan fingerprint density at radius 3 is 2.38 bits per heavy atom. The molecule has 1 aromatic carbocycles. The van der Waals surface area contributed by atoms with Crippen LogP contribution >= 0.6 is 0 Å². The minimum atomic E-state index is -0.959. The number of nitrogens with zero attached hydrogens (tertiary/aromatic N) is 1. The zero-order valence-electron chi connectivity index (χ0n) is 14.8. The van der Waals surface area contributed by atoms with Gasteiger partial charge in [-0.1, -0.05) is 38.1 Å². The van der Waals surface area contributed by atoms with Crippen molar-refractivity contribution in [1.29, 1.82) is 0 Å². The van der Waals surface area contributed by atoms with E-state index >= 15 is 0 Å². The summed E-state index contributed by atoms with van der Waals surface area (Å²) < 4.78 is 0. The summed E-state index contributed by atoms with van der Waals surface area (Å²) in [5.41, 5.74) is 1.11. The lowest BCUT2D eigenvalue weighted by atomic mass is 9.89. The summed E-state index contributed by atoms with van der Waals surface area (Å²) in [5, 5.41) is 6.22. The molecular weight excluding hydrogens is 302 g/mol. The quantitative estimate of drug-likeness (QED) is 0.835. The largest absolute Gasteiger partial charge is 0.325 e. The average molecular weight is 329 g/mol.